The molecule has 27 heavy (non-hydrogen) atoms. The van der Waals surface area contributed by atoms with Crippen molar-refractivity contribution in [3.05, 3.63) is 23.5 Å². The number of ether oxygens (including phenoxy) is 1. The molecule has 4 aliphatic rings. The highest BCUT2D eigenvalue weighted by Gasteiger charge is 2.30. The lowest BCUT2D eigenvalue weighted by Gasteiger charge is -2.33. The maximum Gasteiger partial charge on any atom is 0.102 e. The highest BCUT2D eigenvalue weighted by atomic mass is 16.5. The quantitative estimate of drug-likeness (QED) is 0.559. The zero-order chi connectivity index (χ0) is 18.7. The Labute approximate surface area is 168 Å². The van der Waals surface area contributed by atoms with Crippen molar-refractivity contribution in [1.29, 1.82) is 0 Å². The minimum Gasteiger partial charge on any atom is -0.494 e. The summed E-state index contributed by atoms with van der Waals surface area (Å²) in [5, 5.41) is 3.68. The molecule has 2 unspecified atom stereocenters. The van der Waals surface area contributed by atoms with Crippen LogP contribution in [0.4, 0.5) is 0 Å². The molecule has 0 radical (unpaired) electrons. The van der Waals surface area contributed by atoms with Crippen LogP contribution in [0.5, 0.6) is 0 Å². The summed E-state index contributed by atoms with van der Waals surface area (Å²) in [7, 11) is 0. The van der Waals surface area contributed by atoms with Crippen molar-refractivity contribution in [2.75, 3.05) is 6.54 Å². The highest BCUT2D eigenvalue weighted by molar-refractivity contribution is 5.29. The van der Waals surface area contributed by atoms with Crippen LogP contribution < -0.4 is 5.32 Å². The van der Waals surface area contributed by atoms with Crippen LogP contribution in [0.3, 0.4) is 0 Å². The Hall–Kier alpha value is -0.760. The van der Waals surface area contributed by atoms with Crippen molar-refractivity contribution in [3.8, 4) is 0 Å². The maximum absolute atomic E-state index is 6.41. The molecule has 2 nitrogen and oxygen atoms in total. The summed E-state index contributed by atoms with van der Waals surface area (Å²) in [4.78, 5) is 0. The molecular formula is C25H43NO. The van der Waals surface area contributed by atoms with Gasteiger partial charge in [0.25, 0.3) is 0 Å². The standard InChI is InChI=1S/C17H27NO.C8H16/c1-13-11-16-15(9-5-6-10-18-16)17(12-13)19-14-7-3-2-4-8-14;1-2-4-6-8-7-5-3-1/h11-12,14-16,18H,2-10H2,1H3;1-8H2. The molecule has 1 N–H and O–H groups in total. The summed E-state index contributed by atoms with van der Waals surface area (Å²) in [6.07, 6.45) is 27.7. The first-order valence-electron chi connectivity index (χ1n) is 12.1. The van der Waals surface area contributed by atoms with Crippen LogP contribution in [0, 0.1) is 5.92 Å². The molecule has 0 aromatic rings. The molecule has 1 saturated heterocycles. The van der Waals surface area contributed by atoms with Gasteiger partial charge in [0, 0.05) is 12.0 Å². The van der Waals surface area contributed by atoms with Gasteiger partial charge in [-0.15, -0.1) is 0 Å². The van der Waals surface area contributed by atoms with E-state index in [9.17, 15) is 0 Å². The summed E-state index contributed by atoms with van der Waals surface area (Å²) < 4.78 is 6.41. The molecule has 0 aromatic heterocycles. The molecule has 0 spiro atoms. The first-order chi connectivity index (χ1) is 13.3. The van der Waals surface area contributed by atoms with Gasteiger partial charge in [-0.2, -0.15) is 0 Å². The summed E-state index contributed by atoms with van der Waals surface area (Å²) in [6, 6.07) is 0.506. The van der Waals surface area contributed by atoms with Crippen LogP contribution in [-0.2, 0) is 4.74 Å². The summed E-state index contributed by atoms with van der Waals surface area (Å²) in [6.45, 7) is 3.36. The zero-order valence-corrected chi connectivity index (χ0v) is 17.8. The van der Waals surface area contributed by atoms with Crippen LogP contribution in [0.15, 0.2) is 23.5 Å². The molecule has 2 heteroatoms. The Morgan fingerprint density at radius 1 is 0.741 bits per heavy atom. The summed E-state index contributed by atoms with van der Waals surface area (Å²) in [5.41, 5.74) is 1.36. The molecule has 1 aliphatic heterocycles. The van der Waals surface area contributed by atoms with Crippen LogP contribution in [-0.4, -0.2) is 18.7 Å². The molecule has 0 aromatic carbocycles. The van der Waals surface area contributed by atoms with E-state index < -0.39 is 0 Å². The summed E-state index contributed by atoms with van der Waals surface area (Å²) in [5.74, 6) is 1.85. The molecule has 1 heterocycles. The number of hydrogen-bond acceptors (Lipinski definition) is 2. The highest BCUT2D eigenvalue weighted by Crippen LogP contribution is 2.34. The van der Waals surface area contributed by atoms with Crippen molar-refractivity contribution in [1.82, 2.24) is 5.32 Å². The topological polar surface area (TPSA) is 21.3 Å². The van der Waals surface area contributed by atoms with Gasteiger partial charge in [-0.25, -0.2) is 0 Å². The van der Waals surface area contributed by atoms with Gasteiger partial charge in [0.15, 0.2) is 0 Å². The number of hydrogen-bond donors (Lipinski definition) is 1. The minimum atomic E-state index is 0.481. The molecule has 3 fully saturated rings. The molecule has 154 valence electrons. The molecule has 0 amide bonds. The first-order valence-corrected chi connectivity index (χ1v) is 12.1. The third-order valence-electron chi connectivity index (χ3n) is 6.79. The van der Waals surface area contributed by atoms with Gasteiger partial charge in [0.1, 0.15) is 5.76 Å². The van der Waals surface area contributed by atoms with Crippen molar-refractivity contribution in [2.45, 2.75) is 122 Å². The van der Waals surface area contributed by atoms with Crippen LogP contribution in [0.25, 0.3) is 0 Å². The second-order valence-electron chi connectivity index (χ2n) is 9.25. The predicted molar refractivity (Wildman–Crippen MR) is 116 cm³/mol. The normalized spacial score (nSPS) is 30.3. The van der Waals surface area contributed by atoms with Gasteiger partial charge >= 0.3 is 0 Å². The fourth-order valence-corrected chi connectivity index (χ4v) is 5.15. The summed E-state index contributed by atoms with van der Waals surface area (Å²) >= 11 is 0. The third-order valence-corrected chi connectivity index (χ3v) is 6.79. The van der Waals surface area contributed by atoms with E-state index in [0.717, 1.165) is 6.54 Å². The minimum absolute atomic E-state index is 0.481. The zero-order valence-electron chi connectivity index (χ0n) is 17.8. The van der Waals surface area contributed by atoms with Crippen LogP contribution in [0.2, 0.25) is 0 Å². The van der Waals surface area contributed by atoms with E-state index in [4.69, 9.17) is 4.74 Å². The fourth-order valence-electron chi connectivity index (χ4n) is 5.15. The van der Waals surface area contributed by atoms with Gasteiger partial charge in [-0.1, -0.05) is 75.9 Å². The largest absolute Gasteiger partial charge is 0.494 e. The maximum atomic E-state index is 6.41. The average molecular weight is 374 g/mol. The lowest BCUT2D eigenvalue weighted by molar-refractivity contribution is 0.0582. The first kappa shape index (κ1) is 21.0. The second-order valence-corrected chi connectivity index (χ2v) is 9.25. The predicted octanol–water partition coefficient (Wildman–Crippen LogP) is 7.06. The van der Waals surface area contributed by atoms with E-state index in [2.05, 4.69) is 24.4 Å². The van der Waals surface area contributed by atoms with E-state index >= 15 is 0 Å². The van der Waals surface area contributed by atoms with Gasteiger partial charge in [-0.05, 0) is 58.1 Å². The number of fused-ring (bicyclic) bond motifs is 1. The van der Waals surface area contributed by atoms with Crippen LogP contribution in [0.1, 0.15) is 110 Å². The molecule has 2 saturated carbocycles. The van der Waals surface area contributed by atoms with Crippen LogP contribution >= 0.6 is 0 Å². The molecule has 2 atom stereocenters. The van der Waals surface area contributed by atoms with E-state index in [1.54, 1.807) is 0 Å². The molecule has 0 bridgehead atoms. The van der Waals surface area contributed by atoms with E-state index in [1.807, 2.05) is 0 Å². The van der Waals surface area contributed by atoms with E-state index in [0.29, 0.717) is 18.1 Å². The molecule has 3 aliphatic carbocycles. The Morgan fingerprint density at radius 3 is 1.93 bits per heavy atom. The van der Waals surface area contributed by atoms with Crippen molar-refractivity contribution in [3.63, 3.8) is 0 Å². The Morgan fingerprint density at radius 2 is 1.30 bits per heavy atom. The lowest BCUT2D eigenvalue weighted by atomic mass is 9.87. The van der Waals surface area contributed by atoms with E-state index in [1.165, 1.54) is 114 Å². The lowest BCUT2D eigenvalue weighted by Crippen LogP contribution is -2.37. The van der Waals surface area contributed by atoms with Crippen molar-refractivity contribution < 1.29 is 4.74 Å². The smallest absolute Gasteiger partial charge is 0.102 e. The third kappa shape index (κ3) is 7.29. The van der Waals surface area contributed by atoms with E-state index in [-0.39, 0.29) is 0 Å². The SMILES string of the molecule is C1CCCCCCC1.CC1=CC2NCCCCC2C(OC2CCCCC2)=C1. The molecular weight excluding hydrogens is 330 g/mol. The van der Waals surface area contributed by atoms with Gasteiger partial charge in [0.2, 0.25) is 0 Å². The Balaban J connectivity index is 0.000000221. The average Bonchev–Trinajstić information content (AvgIpc) is 2.88. The van der Waals surface area contributed by atoms with Gasteiger partial charge < -0.3 is 10.1 Å². The van der Waals surface area contributed by atoms with Gasteiger partial charge in [-0.3, -0.25) is 0 Å². The number of rotatable bonds is 2. The number of nitrogens with one attached hydrogen (secondary N) is 1. The Bertz CT molecular complexity index is 451. The second kappa shape index (κ2) is 11.9. The van der Waals surface area contributed by atoms with Crippen molar-refractivity contribution in [2.24, 2.45) is 5.92 Å². The number of allylic oxidation sites excluding steroid dienone is 2. The molecule has 4 rings (SSSR count). The fraction of sp³-hybridized carbons (Fsp3) is 0.840. The Kier molecular flexibility index (Phi) is 9.27. The van der Waals surface area contributed by atoms with Crippen molar-refractivity contribution >= 4 is 0 Å². The monoisotopic (exact) mass is 373 g/mol. The van der Waals surface area contributed by atoms with Gasteiger partial charge in [0.05, 0.1) is 6.10 Å².